The molecule has 1 aliphatic heterocycles. The molecule has 1 aliphatic rings. The number of aromatic nitrogens is 2. The minimum atomic E-state index is -1.33. The van der Waals surface area contributed by atoms with Crippen LogP contribution < -0.4 is 25.1 Å². The number of halogens is 1. The van der Waals surface area contributed by atoms with E-state index in [4.69, 9.17) is 9.47 Å². The number of fused-ring (bicyclic) bond motifs is 3. The molecular formula is C32H29FN4O5. The monoisotopic (exact) mass is 568 g/mol. The molecule has 0 radical (unpaired) electrons. The molecule has 6 rings (SSSR count). The molecule has 1 atom stereocenters. The lowest BCUT2D eigenvalue weighted by molar-refractivity contribution is 0.0695. The Balaban J connectivity index is 1.29. The van der Waals surface area contributed by atoms with Crippen LogP contribution in [-0.4, -0.2) is 47.4 Å². The van der Waals surface area contributed by atoms with Gasteiger partial charge in [-0.25, -0.2) is 9.18 Å². The lowest BCUT2D eigenvalue weighted by Crippen LogP contribution is -2.46. The molecule has 3 heterocycles. The number of nitrogens with zero attached hydrogens (tertiary/aromatic N) is 3. The van der Waals surface area contributed by atoms with Gasteiger partial charge in [-0.1, -0.05) is 36.4 Å². The summed E-state index contributed by atoms with van der Waals surface area (Å²) in [4.78, 5) is 31.0. The Morgan fingerprint density at radius 2 is 1.95 bits per heavy atom. The molecule has 2 aromatic heterocycles. The minimum Gasteiger partial charge on any atom is -0.493 e. The van der Waals surface area contributed by atoms with Gasteiger partial charge in [0.15, 0.2) is 17.3 Å². The third kappa shape index (κ3) is 4.90. The number of aromatic carboxylic acids is 1. The molecule has 1 unspecified atom stereocenters. The second-order valence-electron chi connectivity index (χ2n) is 10.2. The largest absolute Gasteiger partial charge is 0.493 e. The first-order valence-corrected chi connectivity index (χ1v) is 13.5. The molecule has 1 fully saturated rings. The van der Waals surface area contributed by atoms with E-state index in [0.717, 1.165) is 11.1 Å². The number of ether oxygens (including phenoxy) is 2. The summed E-state index contributed by atoms with van der Waals surface area (Å²) in [6.07, 6.45) is 2.66. The summed E-state index contributed by atoms with van der Waals surface area (Å²) in [7, 11) is 3.23. The van der Waals surface area contributed by atoms with Gasteiger partial charge in [0.1, 0.15) is 17.7 Å². The van der Waals surface area contributed by atoms with Crippen LogP contribution in [0.5, 0.6) is 11.5 Å². The molecule has 0 bridgehead atoms. The Morgan fingerprint density at radius 3 is 2.71 bits per heavy atom. The Morgan fingerprint density at radius 1 is 1.14 bits per heavy atom. The smallest absolute Gasteiger partial charge is 0.341 e. The predicted octanol–water partition coefficient (Wildman–Crippen LogP) is 4.66. The molecule has 0 aliphatic carbocycles. The number of hydrogen-bond acceptors (Lipinski definition) is 7. The van der Waals surface area contributed by atoms with Crippen molar-refractivity contribution in [2.75, 3.05) is 31.6 Å². The maximum atomic E-state index is 16.0. The van der Waals surface area contributed by atoms with Gasteiger partial charge in [0, 0.05) is 44.3 Å². The zero-order valence-electron chi connectivity index (χ0n) is 23.1. The van der Waals surface area contributed by atoms with Gasteiger partial charge in [0.05, 0.1) is 29.9 Å². The van der Waals surface area contributed by atoms with Crippen molar-refractivity contribution in [1.82, 2.24) is 14.9 Å². The normalized spacial score (nSPS) is 15.2. The number of benzene rings is 3. The zero-order chi connectivity index (χ0) is 29.4. The van der Waals surface area contributed by atoms with E-state index in [1.54, 1.807) is 26.3 Å². The third-order valence-corrected chi connectivity index (χ3v) is 7.69. The average molecular weight is 569 g/mol. The maximum absolute atomic E-state index is 16.0. The summed E-state index contributed by atoms with van der Waals surface area (Å²) < 4.78 is 29.2. The number of nitrogens with one attached hydrogen (secondary N) is 1. The molecule has 42 heavy (non-hydrogen) atoms. The average Bonchev–Trinajstić information content (AvgIpc) is 3.02. The first kappa shape index (κ1) is 27.2. The molecular weight excluding hydrogens is 539 g/mol. The van der Waals surface area contributed by atoms with E-state index in [1.807, 2.05) is 53.4 Å². The van der Waals surface area contributed by atoms with Crippen molar-refractivity contribution in [3.63, 3.8) is 0 Å². The van der Waals surface area contributed by atoms with Gasteiger partial charge >= 0.3 is 5.97 Å². The minimum absolute atomic E-state index is 0.0244. The van der Waals surface area contributed by atoms with Crippen LogP contribution in [0.3, 0.4) is 0 Å². The first-order valence-electron chi connectivity index (χ1n) is 13.5. The van der Waals surface area contributed by atoms with Crippen molar-refractivity contribution in [2.24, 2.45) is 7.05 Å². The van der Waals surface area contributed by atoms with Gasteiger partial charge in [-0.05, 0) is 35.4 Å². The number of hydrogen-bond donors (Lipinski definition) is 2. The summed E-state index contributed by atoms with van der Waals surface area (Å²) in [5.74, 6) is -0.648. The van der Waals surface area contributed by atoms with Crippen molar-refractivity contribution < 1.29 is 23.8 Å². The lowest BCUT2D eigenvalue weighted by Gasteiger charge is -2.36. The number of rotatable bonds is 7. The lowest BCUT2D eigenvalue weighted by atomic mass is 10.0. The number of methoxy groups -OCH3 is 1. The number of carbonyl (C=O) groups is 1. The predicted molar refractivity (Wildman–Crippen MR) is 158 cm³/mol. The summed E-state index contributed by atoms with van der Waals surface area (Å²) in [5, 5.41) is 13.4. The number of carboxylic acid groups (broad SMARTS) is 1. The van der Waals surface area contributed by atoms with Crippen molar-refractivity contribution in [1.29, 1.82) is 0 Å². The highest BCUT2D eigenvalue weighted by molar-refractivity contribution is 6.07. The topological polar surface area (TPSA) is 106 Å². The molecule has 9 nitrogen and oxygen atoms in total. The van der Waals surface area contributed by atoms with E-state index in [-0.39, 0.29) is 27.9 Å². The summed E-state index contributed by atoms with van der Waals surface area (Å²) in [5.41, 5.74) is 1.80. The van der Waals surface area contributed by atoms with Crippen LogP contribution in [0.25, 0.3) is 21.8 Å². The highest BCUT2D eigenvalue weighted by atomic mass is 19.1. The number of carboxylic acids is 1. The summed E-state index contributed by atoms with van der Waals surface area (Å²) in [6, 6.07) is 18.8. The summed E-state index contributed by atoms with van der Waals surface area (Å²) >= 11 is 0. The quantitative estimate of drug-likeness (QED) is 0.273. The number of pyridine rings is 2. The number of aryl methyl sites for hydroxylation is 1. The van der Waals surface area contributed by atoms with Gasteiger partial charge in [0.2, 0.25) is 5.43 Å². The van der Waals surface area contributed by atoms with E-state index >= 15 is 4.39 Å². The number of piperazine rings is 1. The Bertz CT molecular complexity index is 1880. The van der Waals surface area contributed by atoms with Crippen molar-refractivity contribution in [3.8, 4) is 11.5 Å². The molecule has 3 aromatic carbocycles. The van der Waals surface area contributed by atoms with Crippen LogP contribution in [-0.2, 0) is 13.7 Å². The van der Waals surface area contributed by atoms with E-state index in [0.29, 0.717) is 48.9 Å². The second-order valence-corrected chi connectivity index (χ2v) is 10.2. The summed E-state index contributed by atoms with van der Waals surface area (Å²) in [6.45, 7) is 2.08. The van der Waals surface area contributed by atoms with E-state index in [9.17, 15) is 14.7 Å². The van der Waals surface area contributed by atoms with Gasteiger partial charge in [-0.2, -0.15) is 0 Å². The SMILES string of the molecule is COc1cc(C2CN(c3ccc4c(ncc5c4c(=O)c(C(=O)O)cn5C)c3F)CCN2)ccc1OCc1ccccc1. The standard InChI is InChI=1S/C32H29FN4O5/c1-36-16-22(32(39)40)31(38)28-21-9-10-24(29(33)30(21)35-15-25(28)36)37-13-12-34-23(17-37)20-8-11-26(27(14-20)41-2)42-18-19-6-4-3-5-7-19/h3-11,14-16,23,34H,12-13,17-18H2,1-2H3,(H,39,40). The van der Waals surface area contributed by atoms with E-state index in [1.165, 1.54) is 17.0 Å². The van der Waals surface area contributed by atoms with Gasteiger partial charge in [0.25, 0.3) is 0 Å². The van der Waals surface area contributed by atoms with Crippen molar-refractivity contribution in [3.05, 3.63) is 106 Å². The first-order chi connectivity index (χ1) is 20.4. The van der Waals surface area contributed by atoms with Crippen LogP contribution in [0, 0.1) is 5.82 Å². The Labute approximate surface area is 240 Å². The van der Waals surface area contributed by atoms with E-state index < -0.39 is 17.2 Å². The Kier molecular flexibility index (Phi) is 7.22. The molecule has 0 amide bonds. The molecule has 2 N–H and O–H groups in total. The van der Waals surface area contributed by atoms with Crippen LogP contribution in [0.2, 0.25) is 0 Å². The third-order valence-electron chi connectivity index (χ3n) is 7.69. The van der Waals surface area contributed by atoms with Crippen LogP contribution in [0.15, 0.2) is 77.9 Å². The molecule has 0 spiro atoms. The molecule has 1 saturated heterocycles. The highest BCUT2D eigenvalue weighted by Crippen LogP contribution is 2.34. The molecule has 10 heteroatoms. The van der Waals surface area contributed by atoms with Crippen molar-refractivity contribution in [2.45, 2.75) is 12.6 Å². The molecule has 5 aromatic rings. The van der Waals surface area contributed by atoms with Crippen LogP contribution >= 0.6 is 0 Å². The van der Waals surface area contributed by atoms with Gasteiger partial charge in [-0.15, -0.1) is 0 Å². The Hall–Kier alpha value is -4.96. The fourth-order valence-electron chi connectivity index (χ4n) is 5.52. The fourth-order valence-corrected chi connectivity index (χ4v) is 5.52. The van der Waals surface area contributed by atoms with Gasteiger partial charge in [-0.3, -0.25) is 9.78 Å². The maximum Gasteiger partial charge on any atom is 0.341 e. The van der Waals surface area contributed by atoms with Gasteiger partial charge < -0.3 is 29.4 Å². The van der Waals surface area contributed by atoms with E-state index in [2.05, 4.69) is 10.3 Å². The highest BCUT2D eigenvalue weighted by Gasteiger charge is 2.26. The van der Waals surface area contributed by atoms with Crippen LogP contribution in [0.1, 0.15) is 27.5 Å². The molecule has 214 valence electrons. The van der Waals surface area contributed by atoms with Crippen LogP contribution in [0.4, 0.5) is 10.1 Å². The van der Waals surface area contributed by atoms with Crippen molar-refractivity contribution >= 4 is 33.5 Å². The second kappa shape index (κ2) is 11.1. The molecule has 0 saturated carbocycles. The zero-order valence-corrected chi connectivity index (χ0v) is 23.1. The fraction of sp³-hybridized carbons (Fsp3) is 0.219. The number of anilines is 1.